The molecule has 0 fully saturated rings. The lowest BCUT2D eigenvalue weighted by Crippen LogP contribution is -2.42. The molecule has 192 valence electrons. The van der Waals surface area contributed by atoms with E-state index in [1.54, 1.807) is 24.3 Å². The maximum atomic E-state index is 11.5. The first-order valence-corrected chi connectivity index (χ1v) is 15.4. The topological polar surface area (TPSA) is 140 Å². The van der Waals surface area contributed by atoms with Gasteiger partial charge in [0, 0.05) is 42.2 Å². The molecule has 0 amide bonds. The van der Waals surface area contributed by atoms with Crippen LogP contribution >= 0.6 is 136 Å². The van der Waals surface area contributed by atoms with Crippen molar-refractivity contribution in [1.82, 2.24) is 0 Å². The van der Waals surface area contributed by atoms with Gasteiger partial charge in [-0.25, -0.2) is 0 Å². The Balaban J connectivity index is 0.000000400. The molecule has 0 saturated carbocycles. The van der Waals surface area contributed by atoms with E-state index in [1.165, 1.54) is 0 Å². The van der Waals surface area contributed by atoms with E-state index in [0.717, 1.165) is 27.9 Å². The van der Waals surface area contributed by atoms with Gasteiger partial charge in [-0.1, -0.05) is 0 Å². The molecule has 15 heteroatoms. The molecule has 0 heterocycles. The lowest BCUT2D eigenvalue weighted by Gasteiger charge is -2.31. The number of rotatable bonds is 5. The molecule has 2 rings (SSSR count). The fraction of sp³-hybridized carbons (Fsp3) is 0.250. The van der Waals surface area contributed by atoms with E-state index in [0.29, 0.717) is 14.3 Å². The van der Waals surface area contributed by atoms with Crippen molar-refractivity contribution in [1.29, 1.82) is 0 Å². The third kappa shape index (κ3) is 10.7. The minimum Gasteiger partial charge on any atom is -0.384 e. The molecular formula is C20H16I6O9. The van der Waals surface area contributed by atoms with Gasteiger partial charge in [0.2, 0.25) is 0 Å². The van der Waals surface area contributed by atoms with Crippen molar-refractivity contribution < 1.29 is 43.9 Å². The summed E-state index contributed by atoms with van der Waals surface area (Å²) in [6, 6.07) is 7.08. The van der Waals surface area contributed by atoms with Gasteiger partial charge in [0.1, 0.15) is 5.56 Å². The predicted octanol–water partition coefficient (Wildman–Crippen LogP) is 4.89. The van der Waals surface area contributed by atoms with Gasteiger partial charge in [-0.2, -0.15) is 0 Å². The Morgan fingerprint density at radius 1 is 0.600 bits per heavy atom. The molecule has 0 aliphatic carbocycles. The highest BCUT2D eigenvalue weighted by Gasteiger charge is 2.47. The Kier molecular flexibility index (Phi) is 14.1. The van der Waals surface area contributed by atoms with Crippen LogP contribution in [0.3, 0.4) is 0 Å². The summed E-state index contributed by atoms with van der Waals surface area (Å²) >= 11 is 12.1. The lowest BCUT2D eigenvalue weighted by molar-refractivity contribution is -0.338. The van der Waals surface area contributed by atoms with Gasteiger partial charge in [-0.05, 0) is 160 Å². The van der Waals surface area contributed by atoms with E-state index >= 15 is 0 Å². The summed E-state index contributed by atoms with van der Waals surface area (Å²) < 4.78 is 19.7. The highest BCUT2D eigenvalue weighted by atomic mass is 127. The van der Waals surface area contributed by atoms with Crippen LogP contribution in [0.2, 0.25) is 0 Å². The molecule has 0 unspecified atom stereocenters. The van der Waals surface area contributed by atoms with Crippen molar-refractivity contribution in [3.8, 4) is 0 Å². The largest absolute Gasteiger partial charge is 0.455 e. The second kappa shape index (κ2) is 14.5. The van der Waals surface area contributed by atoms with Gasteiger partial charge in [0.25, 0.3) is 0 Å². The van der Waals surface area contributed by atoms with E-state index in [9.17, 15) is 14.4 Å². The molecular weight excluding hydrogens is 1150 g/mol. The Hall–Kier alpha value is 1.11. The maximum absolute atomic E-state index is 11.5. The van der Waals surface area contributed by atoms with E-state index in [2.05, 4.69) is 45.2 Å². The van der Waals surface area contributed by atoms with Gasteiger partial charge in [-0.15, -0.1) is 0 Å². The number of hydrogen-bond acceptors (Lipinski definition) is 9. The fourth-order valence-electron chi connectivity index (χ4n) is 2.48. The maximum Gasteiger partial charge on any atom is 0.455 e. The molecule has 0 bridgehead atoms. The average Bonchev–Trinajstić information content (AvgIpc) is 2.56. The van der Waals surface area contributed by atoms with Crippen LogP contribution in [0.1, 0.15) is 31.9 Å². The molecule has 0 atom stereocenters. The van der Waals surface area contributed by atoms with Crippen LogP contribution in [0.5, 0.6) is 0 Å². The van der Waals surface area contributed by atoms with Gasteiger partial charge < -0.3 is 29.5 Å². The first-order chi connectivity index (χ1) is 15.9. The average molecular weight is 1160 g/mol. The second-order valence-corrected chi connectivity index (χ2v) is 13.6. The highest BCUT2D eigenvalue weighted by molar-refractivity contribution is 14.1. The molecule has 0 aromatic heterocycles. The van der Waals surface area contributed by atoms with E-state index < -0.39 is 29.9 Å². The summed E-state index contributed by atoms with van der Waals surface area (Å²) in [4.78, 5) is 34.4. The molecule has 35 heavy (non-hydrogen) atoms. The van der Waals surface area contributed by atoms with Crippen LogP contribution < -0.4 is 0 Å². The van der Waals surface area contributed by atoms with E-state index in [4.69, 9.17) is 29.5 Å². The molecule has 3 N–H and O–H groups in total. The van der Waals surface area contributed by atoms with Crippen molar-refractivity contribution in [3.05, 3.63) is 56.8 Å². The van der Waals surface area contributed by atoms with Crippen molar-refractivity contribution in [3.63, 3.8) is 0 Å². The molecule has 0 spiro atoms. The van der Waals surface area contributed by atoms with Gasteiger partial charge in [-0.3, -0.25) is 14.4 Å². The van der Waals surface area contributed by atoms with Crippen molar-refractivity contribution in [2.24, 2.45) is 0 Å². The molecule has 0 aliphatic rings. The minimum absolute atomic E-state index is 0.133. The Morgan fingerprint density at radius 3 is 1.09 bits per heavy atom. The summed E-state index contributed by atoms with van der Waals surface area (Å²) in [5.74, 6) is -7.26. The summed E-state index contributed by atoms with van der Waals surface area (Å²) in [6.45, 7) is 3.40. The highest BCUT2D eigenvalue weighted by Crippen LogP contribution is 2.37. The van der Waals surface area contributed by atoms with Crippen LogP contribution in [0.15, 0.2) is 24.3 Å². The van der Waals surface area contributed by atoms with Crippen molar-refractivity contribution in [2.45, 2.75) is 32.7 Å². The number of aliphatic hydroxyl groups is 3. The Labute approximate surface area is 282 Å². The molecule has 0 radical (unpaired) electrons. The molecule has 0 aliphatic heterocycles. The molecule has 2 aromatic carbocycles. The van der Waals surface area contributed by atoms with Gasteiger partial charge in [0.15, 0.2) is 0 Å². The Morgan fingerprint density at radius 2 is 0.857 bits per heavy atom. The minimum atomic E-state index is -2.75. The number of carbonyl (C=O) groups excluding carboxylic acids is 3. The predicted molar refractivity (Wildman–Crippen MR) is 174 cm³/mol. The second-order valence-electron chi connectivity index (χ2n) is 6.46. The van der Waals surface area contributed by atoms with Crippen molar-refractivity contribution in [2.75, 3.05) is 0 Å². The zero-order valence-corrected chi connectivity index (χ0v) is 30.8. The number of halogens is 6. The number of hydrogen-bond donors (Lipinski definition) is 3. The number of carbonyl (C=O) groups is 3. The standard InChI is InChI=1S/C13H11I3O6.C7H5I3O3/c1-6(17)20-13(21-7(2)18,22-8(3)19)12-10(15)4-9(14)5-11(12)16;8-3-1-4(9)6(5(10)2-3)7(11,12)13/h4-5H,1-3H3;1-2,11-13H. The third-order valence-electron chi connectivity index (χ3n) is 3.49. The fourth-order valence-corrected chi connectivity index (χ4v) is 11.0. The van der Waals surface area contributed by atoms with Crippen LogP contribution in [0.25, 0.3) is 0 Å². The molecule has 2 aromatic rings. The zero-order chi connectivity index (χ0) is 27.3. The van der Waals surface area contributed by atoms with E-state index in [1.807, 2.05) is 90.4 Å². The number of benzene rings is 2. The number of ether oxygens (including phenoxy) is 3. The molecule has 0 saturated heterocycles. The smallest absolute Gasteiger partial charge is 0.384 e. The van der Waals surface area contributed by atoms with E-state index in [-0.39, 0.29) is 11.1 Å². The normalized spacial score (nSPS) is 11.2. The number of esters is 3. The quantitative estimate of drug-likeness (QED) is 0.217. The SMILES string of the molecule is CC(=O)OC(OC(C)=O)(OC(C)=O)c1c(I)cc(I)cc1I.OC(O)(O)c1c(I)cc(I)cc1I. The van der Waals surface area contributed by atoms with Gasteiger partial charge >= 0.3 is 29.9 Å². The lowest BCUT2D eigenvalue weighted by atomic mass is 10.2. The monoisotopic (exact) mass is 1160 g/mol. The molecule has 9 nitrogen and oxygen atoms in total. The van der Waals surface area contributed by atoms with Crippen LogP contribution in [-0.4, -0.2) is 33.2 Å². The van der Waals surface area contributed by atoms with Crippen LogP contribution in [0.4, 0.5) is 0 Å². The third-order valence-corrected chi connectivity index (χ3v) is 8.14. The zero-order valence-electron chi connectivity index (χ0n) is 17.9. The summed E-state index contributed by atoms with van der Waals surface area (Å²) in [5, 5.41) is 27.1. The summed E-state index contributed by atoms with van der Waals surface area (Å²) in [5.41, 5.74) is 0.420. The van der Waals surface area contributed by atoms with Crippen molar-refractivity contribution >= 4 is 153 Å². The first-order valence-electron chi connectivity index (χ1n) is 8.95. The van der Waals surface area contributed by atoms with Gasteiger partial charge in [0.05, 0.1) is 5.56 Å². The van der Waals surface area contributed by atoms with Crippen LogP contribution in [-0.2, 0) is 40.5 Å². The Bertz CT molecular complexity index is 1040. The first kappa shape index (κ1) is 34.1. The summed E-state index contributed by atoms with van der Waals surface area (Å²) in [6.07, 6.45) is 0. The van der Waals surface area contributed by atoms with Crippen LogP contribution in [0, 0.1) is 21.4 Å². The summed E-state index contributed by atoms with van der Waals surface area (Å²) in [7, 11) is 0.